The molecule has 1 aromatic heterocycles. The van der Waals surface area contributed by atoms with Crippen molar-refractivity contribution in [1.82, 2.24) is 9.78 Å². The Labute approximate surface area is 111 Å². The molecule has 0 amide bonds. The summed E-state index contributed by atoms with van der Waals surface area (Å²) in [6.07, 6.45) is 9.96. The second kappa shape index (κ2) is 4.69. The minimum atomic E-state index is -0.158. The standard InChI is InChI=1S/C15H27N3/c1-14(2,3)12-6-5-8-15(16,9-7-12)13-10-17-18(4)11-13/h10-12H,5-9,16H2,1-4H3. The first-order chi connectivity index (χ1) is 8.31. The predicted molar refractivity (Wildman–Crippen MR) is 75.1 cm³/mol. The number of aromatic nitrogens is 2. The molecule has 2 atom stereocenters. The van der Waals surface area contributed by atoms with Crippen LogP contribution >= 0.6 is 0 Å². The van der Waals surface area contributed by atoms with E-state index in [9.17, 15) is 0 Å². The van der Waals surface area contributed by atoms with E-state index >= 15 is 0 Å². The van der Waals surface area contributed by atoms with Crippen LogP contribution in [-0.4, -0.2) is 9.78 Å². The molecule has 0 spiro atoms. The van der Waals surface area contributed by atoms with Gasteiger partial charge in [0.25, 0.3) is 0 Å². The van der Waals surface area contributed by atoms with Crippen molar-refractivity contribution >= 4 is 0 Å². The van der Waals surface area contributed by atoms with Gasteiger partial charge in [0.1, 0.15) is 0 Å². The highest BCUT2D eigenvalue weighted by Crippen LogP contribution is 2.42. The van der Waals surface area contributed by atoms with E-state index in [1.807, 2.05) is 17.9 Å². The Morgan fingerprint density at radius 1 is 1.33 bits per heavy atom. The topological polar surface area (TPSA) is 43.8 Å². The molecule has 0 radical (unpaired) electrons. The Morgan fingerprint density at radius 2 is 2.06 bits per heavy atom. The highest BCUT2D eigenvalue weighted by molar-refractivity contribution is 5.18. The molecule has 0 bridgehead atoms. The molecule has 1 aliphatic carbocycles. The van der Waals surface area contributed by atoms with E-state index in [2.05, 4.69) is 32.1 Å². The SMILES string of the molecule is Cn1cc(C2(N)CCCC(C(C)(C)C)CC2)cn1. The van der Waals surface area contributed by atoms with Crippen LogP contribution in [0.2, 0.25) is 0 Å². The fraction of sp³-hybridized carbons (Fsp3) is 0.800. The molecule has 102 valence electrons. The van der Waals surface area contributed by atoms with Crippen molar-refractivity contribution in [3.8, 4) is 0 Å². The zero-order valence-electron chi connectivity index (χ0n) is 12.2. The van der Waals surface area contributed by atoms with Crippen LogP contribution in [0, 0.1) is 11.3 Å². The van der Waals surface area contributed by atoms with Crippen LogP contribution in [0.4, 0.5) is 0 Å². The smallest absolute Gasteiger partial charge is 0.0540 e. The molecule has 3 heteroatoms. The van der Waals surface area contributed by atoms with Gasteiger partial charge in [-0.1, -0.05) is 27.2 Å². The molecule has 1 heterocycles. The maximum absolute atomic E-state index is 6.65. The van der Waals surface area contributed by atoms with E-state index in [1.54, 1.807) is 0 Å². The van der Waals surface area contributed by atoms with Crippen molar-refractivity contribution in [3.63, 3.8) is 0 Å². The normalized spacial score (nSPS) is 30.2. The van der Waals surface area contributed by atoms with Crippen LogP contribution in [0.25, 0.3) is 0 Å². The van der Waals surface area contributed by atoms with E-state index in [1.165, 1.54) is 24.8 Å². The largest absolute Gasteiger partial charge is 0.321 e. The van der Waals surface area contributed by atoms with Gasteiger partial charge in [0.2, 0.25) is 0 Å². The van der Waals surface area contributed by atoms with Gasteiger partial charge in [0.15, 0.2) is 0 Å². The van der Waals surface area contributed by atoms with Crippen LogP contribution in [0.5, 0.6) is 0 Å². The maximum Gasteiger partial charge on any atom is 0.0540 e. The molecule has 18 heavy (non-hydrogen) atoms. The molecule has 0 saturated heterocycles. The van der Waals surface area contributed by atoms with E-state index in [0.29, 0.717) is 5.41 Å². The lowest BCUT2D eigenvalue weighted by Gasteiger charge is -2.31. The van der Waals surface area contributed by atoms with Gasteiger partial charge in [-0.15, -0.1) is 0 Å². The maximum atomic E-state index is 6.65. The van der Waals surface area contributed by atoms with Gasteiger partial charge in [-0.05, 0) is 37.0 Å². The minimum Gasteiger partial charge on any atom is -0.321 e. The second-order valence-corrected chi connectivity index (χ2v) is 7.05. The van der Waals surface area contributed by atoms with Crippen molar-refractivity contribution in [2.24, 2.45) is 24.1 Å². The highest BCUT2D eigenvalue weighted by Gasteiger charge is 2.35. The summed E-state index contributed by atoms with van der Waals surface area (Å²) in [6, 6.07) is 0. The summed E-state index contributed by atoms with van der Waals surface area (Å²) in [6.45, 7) is 7.06. The monoisotopic (exact) mass is 249 g/mol. The summed E-state index contributed by atoms with van der Waals surface area (Å²) in [5, 5.41) is 4.27. The van der Waals surface area contributed by atoms with E-state index < -0.39 is 0 Å². The van der Waals surface area contributed by atoms with Gasteiger partial charge in [-0.3, -0.25) is 4.68 Å². The van der Waals surface area contributed by atoms with Crippen molar-refractivity contribution in [2.75, 3.05) is 0 Å². The molecule has 1 aromatic rings. The first-order valence-corrected chi connectivity index (χ1v) is 7.09. The quantitative estimate of drug-likeness (QED) is 0.777. The minimum absolute atomic E-state index is 0.158. The Morgan fingerprint density at radius 3 is 2.61 bits per heavy atom. The van der Waals surface area contributed by atoms with Gasteiger partial charge in [0, 0.05) is 24.3 Å². The molecule has 0 aromatic carbocycles. The number of nitrogens with zero attached hydrogens (tertiary/aromatic N) is 2. The van der Waals surface area contributed by atoms with E-state index in [4.69, 9.17) is 5.73 Å². The molecule has 2 rings (SSSR count). The molecule has 1 saturated carbocycles. The molecule has 3 nitrogen and oxygen atoms in total. The third-order valence-corrected chi connectivity index (χ3v) is 4.62. The molecule has 1 fully saturated rings. The number of hydrogen-bond donors (Lipinski definition) is 1. The van der Waals surface area contributed by atoms with Gasteiger partial charge in [-0.2, -0.15) is 5.10 Å². The van der Waals surface area contributed by atoms with Gasteiger partial charge < -0.3 is 5.73 Å². The average Bonchev–Trinajstić information content (AvgIpc) is 2.58. The van der Waals surface area contributed by atoms with Crippen LogP contribution in [0.1, 0.15) is 58.4 Å². The van der Waals surface area contributed by atoms with Gasteiger partial charge in [0.05, 0.1) is 6.20 Å². The average molecular weight is 249 g/mol. The summed E-state index contributed by atoms with van der Waals surface area (Å²) in [7, 11) is 1.96. The zero-order chi connectivity index (χ0) is 13.4. The third kappa shape index (κ3) is 2.77. The Hall–Kier alpha value is -0.830. The first kappa shape index (κ1) is 13.6. The number of aryl methyl sites for hydroxylation is 1. The summed E-state index contributed by atoms with van der Waals surface area (Å²) >= 11 is 0. The number of rotatable bonds is 1. The van der Waals surface area contributed by atoms with Gasteiger partial charge in [-0.25, -0.2) is 0 Å². The molecular weight excluding hydrogens is 222 g/mol. The van der Waals surface area contributed by atoms with Crippen LogP contribution in [-0.2, 0) is 12.6 Å². The summed E-state index contributed by atoms with van der Waals surface area (Å²) < 4.78 is 1.86. The van der Waals surface area contributed by atoms with Gasteiger partial charge >= 0.3 is 0 Å². The molecule has 2 N–H and O–H groups in total. The summed E-state index contributed by atoms with van der Waals surface area (Å²) in [4.78, 5) is 0. The van der Waals surface area contributed by atoms with Crippen LogP contribution < -0.4 is 5.73 Å². The van der Waals surface area contributed by atoms with Crippen molar-refractivity contribution in [3.05, 3.63) is 18.0 Å². The predicted octanol–water partition coefficient (Wildman–Crippen LogP) is 3.20. The Kier molecular flexibility index (Phi) is 3.54. The van der Waals surface area contributed by atoms with E-state index in [-0.39, 0.29) is 5.54 Å². The van der Waals surface area contributed by atoms with Crippen LogP contribution in [0.15, 0.2) is 12.4 Å². The molecule has 2 unspecified atom stereocenters. The fourth-order valence-corrected chi connectivity index (χ4v) is 3.20. The Bertz CT molecular complexity index is 402. The van der Waals surface area contributed by atoms with Crippen molar-refractivity contribution in [2.45, 2.75) is 58.4 Å². The van der Waals surface area contributed by atoms with Crippen molar-refractivity contribution in [1.29, 1.82) is 0 Å². The zero-order valence-corrected chi connectivity index (χ0v) is 12.2. The summed E-state index contributed by atoms with van der Waals surface area (Å²) in [5.74, 6) is 0.791. The lowest BCUT2D eigenvalue weighted by Crippen LogP contribution is -2.36. The number of hydrogen-bond acceptors (Lipinski definition) is 2. The lowest BCUT2D eigenvalue weighted by molar-refractivity contribution is 0.211. The van der Waals surface area contributed by atoms with Crippen molar-refractivity contribution < 1.29 is 0 Å². The Balaban J connectivity index is 2.13. The second-order valence-electron chi connectivity index (χ2n) is 7.05. The fourth-order valence-electron chi connectivity index (χ4n) is 3.20. The number of nitrogens with two attached hydrogens (primary N) is 1. The first-order valence-electron chi connectivity index (χ1n) is 7.09. The molecule has 0 aliphatic heterocycles. The lowest BCUT2D eigenvalue weighted by atomic mass is 9.76. The summed E-state index contributed by atoms with van der Waals surface area (Å²) in [5.41, 5.74) is 8.10. The third-order valence-electron chi connectivity index (χ3n) is 4.62. The van der Waals surface area contributed by atoms with Crippen LogP contribution in [0.3, 0.4) is 0 Å². The molecular formula is C15H27N3. The van der Waals surface area contributed by atoms with E-state index in [0.717, 1.165) is 18.8 Å². The highest BCUT2D eigenvalue weighted by atomic mass is 15.2. The molecule has 1 aliphatic rings.